The summed E-state index contributed by atoms with van der Waals surface area (Å²) in [7, 11) is 0. The summed E-state index contributed by atoms with van der Waals surface area (Å²) in [5.74, 6) is 1.36. The molecule has 1 heterocycles. The largest absolute Gasteiger partial charge is 0.486 e. The molecular weight excluding hydrogens is 271 g/mol. The van der Waals surface area contributed by atoms with Crippen molar-refractivity contribution in [2.24, 2.45) is 5.73 Å². The first-order valence-electron chi connectivity index (χ1n) is 5.98. The average Bonchev–Trinajstić information content (AvgIpc) is 2.76. The first kappa shape index (κ1) is 14.5. The molecule has 2 rings (SSSR count). The molecule has 0 unspecified atom stereocenters. The maximum Gasteiger partial charge on any atom is 0.416 e. The van der Waals surface area contributed by atoms with Crippen molar-refractivity contribution in [1.29, 1.82) is 0 Å². The molecule has 3 nitrogen and oxygen atoms in total. The molecule has 0 saturated carbocycles. The van der Waals surface area contributed by atoms with Gasteiger partial charge in [0.25, 0.3) is 0 Å². The number of hydrogen-bond acceptors (Lipinski definition) is 3. The molecule has 0 aliphatic rings. The van der Waals surface area contributed by atoms with Crippen molar-refractivity contribution in [3.63, 3.8) is 0 Å². The number of rotatable bonds is 4. The van der Waals surface area contributed by atoms with Gasteiger partial charge in [0.2, 0.25) is 0 Å². The van der Waals surface area contributed by atoms with Crippen molar-refractivity contribution in [3.8, 4) is 5.75 Å². The fraction of sp³-hybridized carbons (Fsp3) is 0.286. The van der Waals surface area contributed by atoms with Crippen LogP contribution in [-0.4, -0.2) is 0 Å². The lowest BCUT2D eigenvalue weighted by Gasteiger charge is -2.09. The number of hydrogen-bond donors (Lipinski definition) is 1. The molecule has 0 saturated heterocycles. The van der Waals surface area contributed by atoms with Crippen molar-refractivity contribution in [1.82, 2.24) is 0 Å². The van der Waals surface area contributed by atoms with E-state index in [-0.39, 0.29) is 12.4 Å². The third-order valence-corrected chi connectivity index (χ3v) is 2.83. The lowest BCUT2D eigenvalue weighted by atomic mass is 10.2. The number of benzene rings is 1. The van der Waals surface area contributed by atoms with Crippen molar-refractivity contribution in [2.45, 2.75) is 26.3 Å². The zero-order valence-corrected chi connectivity index (χ0v) is 10.8. The third-order valence-electron chi connectivity index (χ3n) is 2.83. The van der Waals surface area contributed by atoms with Gasteiger partial charge in [-0.1, -0.05) is 6.07 Å². The highest BCUT2D eigenvalue weighted by Crippen LogP contribution is 2.31. The van der Waals surface area contributed by atoms with Crippen LogP contribution in [0.1, 0.15) is 22.6 Å². The Hall–Kier alpha value is -1.95. The molecule has 0 atom stereocenters. The smallest absolute Gasteiger partial charge is 0.416 e. The van der Waals surface area contributed by atoms with Gasteiger partial charge in [0.1, 0.15) is 23.9 Å². The molecule has 2 aromatic rings. The van der Waals surface area contributed by atoms with Gasteiger partial charge >= 0.3 is 6.18 Å². The van der Waals surface area contributed by atoms with Gasteiger partial charge in [0.15, 0.2) is 0 Å². The third kappa shape index (κ3) is 3.33. The molecule has 0 aliphatic carbocycles. The minimum Gasteiger partial charge on any atom is -0.486 e. The summed E-state index contributed by atoms with van der Waals surface area (Å²) < 4.78 is 48.3. The summed E-state index contributed by atoms with van der Waals surface area (Å²) in [4.78, 5) is 0. The molecule has 1 aromatic carbocycles. The molecule has 0 bridgehead atoms. The Morgan fingerprint density at radius 2 is 2.00 bits per heavy atom. The summed E-state index contributed by atoms with van der Waals surface area (Å²) in [5.41, 5.74) is 5.63. The summed E-state index contributed by atoms with van der Waals surface area (Å²) in [6.07, 6.45) is -4.38. The topological polar surface area (TPSA) is 48.4 Å². The monoisotopic (exact) mass is 285 g/mol. The highest BCUT2D eigenvalue weighted by Gasteiger charge is 2.30. The van der Waals surface area contributed by atoms with Crippen LogP contribution >= 0.6 is 0 Å². The summed E-state index contributed by atoms with van der Waals surface area (Å²) >= 11 is 0. The van der Waals surface area contributed by atoms with E-state index in [0.717, 1.165) is 17.7 Å². The fourth-order valence-electron chi connectivity index (χ4n) is 1.78. The first-order chi connectivity index (χ1) is 9.40. The second kappa shape index (κ2) is 5.58. The van der Waals surface area contributed by atoms with E-state index in [1.54, 1.807) is 13.0 Å². The Labute approximate surface area is 114 Å². The van der Waals surface area contributed by atoms with Crippen LogP contribution in [0.4, 0.5) is 13.2 Å². The number of furan rings is 1. The molecule has 0 spiro atoms. The highest BCUT2D eigenvalue weighted by molar-refractivity contribution is 5.30. The average molecular weight is 285 g/mol. The van der Waals surface area contributed by atoms with Gasteiger partial charge in [-0.25, -0.2) is 0 Å². The van der Waals surface area contributed by atoms with E-state index < -0.39 is 11.7 Å². The van der Waals surface area contributed by atoms with E-state index in [1.807, 2.05) is 0 Å². The molecule has 108 valence electrons. The fourth-order valence-corrected chi connectivity index (χ4v) is 1.78. The van der Waals surface area contributed by atoms with Crippen LogP contribution in [0.5, 0.6) is 5.75 Å². The van der Waals surface area contributed by atoms with Crippen molar-refractivity contribution < 1.29 is 22.3 Å². The van der Waals surface area contributed by atoms with Crippen LogP contribution in [0.3, 0.4) is 0 Å². The quantitative estimate of drug-likeness (QED) is 0.932. The standard InChI is InChI=1S/C14H14F3NO2/c1-9-10(7-18)5-13(20-9)8-19-12-4-2-3-11(6-12)14(15,16)17/h2-6H,7-8,18H2,1H3. The molecule has 1 aromatic heterocycles. The minimum absolute atomic E-state index is 0.0577. The molecule has 0 amide bonds. The normalized spacial score (nSPS) is 11.7. The van der Waals surface area contributed by atoms with Gasteiger partial charge in [-0.05, 0) is 31.2 Å². The van der Waals surface area contributed by atoms with Gasteiger partial charge in [0, 0.05) is 12.1 Å². The lowest BCUT2D eigenvalue weighted by Crippen LogP contribution is -2.05. The van der Waals surface area contributed by atoms with E-state index >= 15 is 0 Å². The van der Waals surface area contributed by atoms with Crippen LogP contribution in [0.25, 0.3) is 0 Å². The number of nitrogens with two attached hydrogens (primary N) is 1. The van der Waals surface area contributed by atoms with Gasteiger partial charge in [0.05, 0.1) is 5.56 Å². The zero-order chi connectivity index (χ0) is 14.8. The number of alkyl halides is 3. The second-order valence-electron chi connectivity index (χ2n) is 4.31. The summed E-state index contributed by atoms with van der Waals surface area (Å²) in [6, 6.07) is 6.46. The van der Waals surface area contributed by atoms with E-state index in [0.29, 0.717) is 18.1 Å². The Morgan fingerprint density at radius 3 is 2.60 bits per heavy atom. The minimum atomic E-state index is -4.38. The van der Waals surface area contributed by atoms with Crippen LogP contribution in [0.15, 0.2) is 34.7 Å². The van der Waals surface area contributed by atoms with Crippen molar-refractivity contribution in [2.75, 3.05) is 0 Å². The maximum absolute atomic E-state index is 12.5. The Balaban J connectivity index is 2.07. The Morgan fingerprint density at radius 1 is 1.25 bits per heavy atom. The van der Waals surface area contributed by atoms with Crippen LogP contribution in [0.2, 0.25) is 0 Å². The summed E-state index contributed by atoms with van der Waals surface area (Å²) in [5, 5.41) is 0. The summed E-state index contributed by atoms with van der Waals surface area (Å²) in [6.45, 7) is 2.18. The number of halogens is 3. The van der Waals surface area contributed by atoms with Crippen molar-refractivity contribution in [3.05, 3.63) is 53.0 Å². The molecular formula is C14H14F3NO2. The van der Waals surface area contributed by atoms with Crippen molar-refractivity contribution >= 4 is 0 Å². The van der Waals surface area contributed by atoms with E-state index in [9.17, 15) is 13.2 Å². The molecule has 6 heteroatoms. The molecule has 20 heavy (non-hydrogen) atoms. The zero-order valence-electron chi connectivity index (χ0n) is 10.8. The van der Waals surface area contributed by atoms with Gasteiger partial charge in [-0.15, -0.1) is 0 Å². The molecule has 0 aliphatic heterocycles. The second-order valence-corrected chi connectivity index (χ2v) is 4.31. The van der Waals surface area contributed by atoms with Crippen LogP contribution in [0, 0.1) is 6.92 Å². The SMILES string of the molecule is Cc1oc(COc2cccc(C(F)(F)F)c2)cc1CN. The van der Waals surface area contributed by atoms with Gasteiger partial charge < -0.3 is 14.9 Å². The molecule has 2 N–H and O–H groups in total. The van der Waals surface area contributed by atoms with Gasteiger partial charge in [-0.3, -0.25) is 0 Å². The van der Waals surface area contributed by atoms with Gasteiger partial charge in [-0.2, -0.15) is 13.2 Å². The molecule has 0 radical (unpaired) electrons. The Bertz CT molecular complexity index is 590. The Kier molecular flexibility index (Phi) is 4.04. The number of ether oxygens (including phenoxy) is 1. The van der Waals surface area contributed by atoms with E-state index in [4.69, 9.17) is 14.9 Å². The maximum atomic E-state index is 12.5. The predicted octanol–water partition coefficient (Wildman–Crippen LogP) is 3.64. The lowest BCUT2D eigenvalue weighted by molar-refractivity contribution is -0.137. The highest BCUT2D eigenvalue weighted by atomic mass is 19.4. The predicted molar refractivity (Wildman–Crippen MR) is 67.1 cm³/mol. The first-order valence-corrected chi connectivity index (χ1v) is 5.98. The van der Waals surface area contributed by atoms with Crippen LogP contribution < -0.4 is 10.5 Å². The van der Waals surface area contributed by atoms with E-state index in [2.05, 4.69) is 0 Å². The van der Waals surface area contributed by atoms with Crippen LogP contribution in [-0.2, 0) is 19.3 Å². The molecule has 0 fully saturated rings. The van der Waals surface area contributed by atoms with E-state index in [1.165, 1.54) is 12.1 Å². The number of aryl methyl sites for hydroxylation is 1.